The number of methoxy groups -OCH3 is 1. The van der Waals surface area contributed by atoms with Crippen molar-refractivity contribution in [1.29, 1.82) is 0 Å². The Balaban J connectivity index is 2.32. The predicted octanol–water partition coefficient (Wildman–Crippen LogP) is 0.901. The number of carbonyl (C=O) groups is 1. The van der Waals surface area contributed by atoms with Gasteiger partial charge in [-0.25, -0.2) is 0 Å². The fourth-order valence-corrected chi connectivity index (χ4v) is 2.13. The molecule has 0 aromatic rings. The molecule has 4 nitrogen and oxygen atoms in total. The van der Waals surface area contributed by atoms with E-state index >= 15 is 0 Å². The standard InChI is InChI=1S/C12H24N2O2/c1-8-6-10(4-5-11(8)13)12(15)14-7-9(2)16-3/h8-11H,4-7,13H2,1-3H3,(H,14,15). The Kier molecular flexibility index (Phi) is 5.22. The molecule has 16 heavy (non-hydrogen) atoms. The van der Waals surface area contributed by atoms with Crippen molar-refractivity contribution in [2.45, 2.75) is 45.3 Å². The van der Waals surface area contributed by atoms with E-state index in [9.17, 15) is 4.79 Å². The first-order valence-electron chi connectivity index (χ1n) is 6.10. The number of ether oxygens (including phenoxy) is 1. The molecule has 0 bridgehead atoms. The highest BCUT2D eigenvalue weighted by atomic mass is 16.5. The lowest BCUT2D eigenvalue weighted by Crippen LogP contribution is -2.42. The second kappa shape index (κ2) is 6.21. The number of carbonyl (C=O) groups excluding carboxylic acids is 1. The Morgan fingerprint density at radius 1 is 1.56 bits per heavy atom. The molecule has 1 aliphatic carbocycles. The molecule has 94 valence electrons. The van der Waals surface area contributed by atoms with Gasteiger partial charge in [0.15, 0.2) is 0 Å². The van der Waals surface area contributed by atoms with Gasteiger partial charge in [-0.2, -0.15) is 0 Å². The third-order valence-corrected chi connectivity index (χ3v) is 3.57. The van der Waals surface area contributed by atoms with Gasteiger partial charge in [-0.05, 0) is 32.1 Å². The maximum atomic E-state index is 11.9. The van der Waals surface area contributed by atoms with Crippen LogP contribution >= 0.6 is 0 Å². The van der Waals surface area contributed by atoms with Crippen LogP contribution in [0.1, 0.15) is 33.1 Å². The van der Waals surface area contributed by atoms with Crippen molar-refractivity contribution in [1.82, 2.24) is 5.32 Å². The summed E-state index contributed by atoms with van der Waals surface area (Å²) in [5.41, 5.74) is 5.93. The van der Waals surface area contributed by atoms with Crippen LogP contribution in [0.3, 0.4) is 0 Å². The third kappa shape index (κ3) is 3.76. The van der Waals surface area contributed by atoms with Crippen molar-refractivity contribution in [3.63, 3.8) is 0 Å². The second-order valence-corrected chi connectivity index (χ2v) is 4.94. The van der Waals surface area contributed by atoms with Crippen LogP contribution in [0.15, 0.2) is 0 Å². The van der Waals surface area contributed by atoms with E-state index in [0.29, 0.717) is 12.5 Å². The Morgan fingerprint density at radius 2 is 2.25 bits per heavy atom. The molecule has 4 atom stereocenters. The highest BCUT2D eigenvalue weighted by Gasteiger charge is 2.29. The van der Waals surface area contributed by atoms with Crippen molar-refractivity contribution in [2.24, 2.45) is 17.6 Å². The maximum Gasteiger partial charge on any atom is 0.223 e. The minimum Gasteiger partial charge on any atom is -0.380 e. The first-order chi connectivity index (χ1) is 7.54. The van der Waals surface area contributed by atoms with Gasteiger partial charge in [0.05, 0.1) is 6.10 Å². The Bertz CT molecular complexity index is 233. The van der Waals surface area contributed by atoms with Crippen molar-refractivity contribution in [3.05, 3.63) is 0 Å². The van der Waals surface area contributed by atoms with Crippen LogP contribution in [0.2, 0.25) is 0 Å². The topological polar surface area (TPSA) is 64.3 Å². The zero-order valence-corrected chi connectivity index (χ0v) is 10.5. The average Bonchev–Trinajstić information content (AvgIpc) is 2.29. The van der Waals surface area contributed by atoms with E-state index in [1.165, 1.54) is 0 Å². The third-order valence-electron chi connectivity index (χ3n) is 3.57. The molecule has 0 aromatic carbocycles. The summed E-state index contributed by atoms with van der Waals surface area (Å²) >= 11 is 0. The molecular formula is C12H24N2O2. The molecule has 0 aromatic heterocycles. The van der Waals surface area contributed by atoms with Gasteiger partial charge in [0.25, 0.3) is 0 Å². The largest absolute Gasteiger partial charge is 0.380 e. The number of hydrogen-bond donors (Lipinski definition) is 2. The summed E-state index contributed by atoms with van der Waals surface area (Å²) < 4.78 is 5.09. The fraction of sp³-hybridized carbons (Fsp3) is 0.917. The van der Waals surface area contributed by atoms with E-state index in [4.69, 9.17) is 10.5 Å². The summed E-state index contributed by atoms with van der Waals surface area (Å²) in [6.07, 6.45) is 2.86. The first-order valence-corrected chi connectivity index (χ1v) is 6.10. The summed E-state index contributed by atoms with van der Waals surface area (Å²) in [5, 5.41) is 2.93. The Hall–Kier alpha value is -0.610. The van der Waals surface area contributed by atoms with E-state index in [1.54, 1.807) is 7.11 Å². The monoisotopic (exact) mass is 228 g/mol. The minimum absolute atomic E-state index is 0.0761. The molecule has 1 saturated carbocycles. The van der Waals surface area contributed by atoms with Crippen LogP contribution < -0.4 is 11.1 Å². The Labute approximate surface area is 97.9 Å². The first kappa shape index (κ1) is 13.5. The predicted molar refractivity (Wildman–Crippen MR) is 64.0 cm³/mol. The van der Waals surface area contributed by atoms with Crippen LogP contribution in [0.5, 0.6) is 0 Å². The normalized spacial score (nSPS) is 32.1. The number of hydrogen-bond acceptors (Lipinski definition) is 3. The molecule has 4 unspecified atom stereocenters. The Morgan fingerprint density at radius 3 is 2.81 bits per heavy atom. The highest BCUT2D eigenvalue weighted by molar-refractivity contribution is 5.78. The summed E-state index contributed by atoms with van der Waals surface area (Å²) in [6, 6.07) is 0.266. The van der Waals surface area contributed by atoms with Gasteiger partial charge in [-0.15, -0.1) is 0 Å². The zero-order chi connectivity index (χ0) is 12.1. The van der Waals surface area contributed by atoms with Gasteiger partial charge in [0.1, 0.15) is 0 Å². The van der Waals surface area contributed by atoms with Crippen molar-refractivity contribution < 1.29 is 9.53 Å². The lowest BCUT2D eigenvalue weighted by atomic mass is 9.79. The quantitative estimate of drug-likeness (QED) is 0.751. The average molecular weight is 228 g/mol. The SMILES string of the molecule is COC(C)CNC(=O)C1CCC(N)C(C)C1. The maximum absolute atomic E-state index is 11.9. The molecule has 0 radical (unpaired) electrons. The number of rotatable bonds is 4. The van der Waals surface area contributed by atoms with Gasteiger partial charge in [0, 0.05) is 25.6 Å². The van der Waals surface area contributed by atoms with Crippen molar-refractivity contribution >= 4 is 5.91 Å². The number of nitrogens with two attached hydrogens (primary N) is 1. The molecule has 1 amide bonds. The molecule has 0 spiro atoms. The van der Waals surface area contributed by atoms with E-state index in [0.717, 1.165) is 19.3 Å². The van der Waals surface area contributed by atoms with Crippen molar-refractivity contribution in [3.8, 4) is 0 Å². The summed E-state index contributed by atoms with van der Waals surface area (Å²) in [5.74, 6) is 0.742. The lowest BCUT2D eigenvalue weighted by molar-refractivity contribution is -0.127. The molecule has 0 saturated heterocycles. The van der Waals surface area contributed by atoms with Gasteiger partial charge in [-0.1, -0.05) is 6.92 Å². The van der Waals surface area contributed by atoms with E-state index in [2.05, 4.69) is 12.2 Å². The van der Waals surface area contributed by atoms with E-state index < -0.39 is 0 Å². The molecule has 0 heterocycles. The van der Waals surface area contributed by atoms with E-state index in [1.807, 2.05) is 6.92 Å². The van der Waals surface area contributed by atoms with Gasteiger partial charge < -0.3 is 15.8 Å². The molecule has 3 N–H and O–H groups in total. The molecular weight excluding hydrogens is 204 g/mol. The lowest BCUT2D eigenvalue weighted by Gasteiger charge is -2.31. The second-order valence-electron chi connectivity index (χ2n) is 4.94. The van der Waals surface area contributed by atoms with Crippen LogP contribution in [-0.2, 0) is 9.53 Å². The van der Waals surface area contributed by atoms with Crippen LogP contribution in [0.4, 0.5) is 0 Å². The van der Waals surface area contributed by atoms with Crippen LogP contribution in [-0.4, -0.2) is 31.7 Å². The van der Waals surface area contributed by atoms with E-state index in [-0.39, 0.29) is 24.0 Å². The fourth-order valence-electron chi connectivity index (χ4n) is 2.13. The summed E-state index contributed by atoms with van der Waals surface area (Å²) in [6.45, 7) is 4.66. The molecule has 1 rings (SSSR count). The van der Waals surface area contributed by atoms with Crippen molar-refractivity contribution in [2.75, 3.05) is 13.7 Å². The zero-order valence-electron chi connectivity index (χ0n) is 10.5. The summed E-state index contributed by atoms with van der Waals surface area (Å²) in [4.78, 5) is 11.9. The smallest absolute Gasteiger partial charge is 0.223 e. The highest BCUT2D eigenvalue weighted by Crippen LogP contribution is 2.27. The summed E-state index contributed by atoms with van der Waals surface area (Å²) in [7, 11) is 1.65. The van der Waals surface area contributed by atoms with Crippen LogP contribution in [0.25, 0.3) is 0 Å². The molecule has 4 heteroatoms. The molecule has 0 aliphatic heterocycles. The number of amides is 1. The van der Waals surface area contributed by atoms with Crippen LogP contribution in [0, 0.1) is 11.8 Å². The molecule has 1 fully saturated rings. The number of nitrogens with one attached hydrogen (secondary N) is 1. The van der Waals surface area contributed by atoms with Gasteiger partial charge in [0.2, 0.25) is 5.91 Å². The minimum atomic E-state index is 0.0761. The van der Waals surface area contributed by atoms with Gasteiger partial charge >= 0.3 is 0 Å². The van der Waals surface area contributed by atoms with Gasteiger partial charge in [-0.3, -0.25) is 4.79 Å². The molecule has 1 aliphatic rings.